The van der Waals surface area contributed by atoms with Gasteiger partial charge in [0.2, 0.25) is 0 Å². The van der Waals surface area contributed by atoms with Gasteiger partial charge in [0.25, 0.3) is 6.33 Å². The van der Waals surface area contributed by atoms with Crippen LogP contribution in [0.5, 0.6) is 0 Å². The fourth-order valence-electron chi connectivity index (χ4n) is 2.99. The molecular formula is C16H31N4+3. The Morgan fingerprint density at radius 1 is 1.20 bits per heavy atom. The van der Waals surface area contributed by atoms with E-state index in [0.29, 0.717) is 0 Å². The summed E-state index contributed by atoms with van der Waals surface area (Å²) in [6.45, 7) is 11.1. The highest BCUT2D eigenvalue weighted by Gasteiger charge is 2.38. The fraction of sp³-hybridized carbons (Fsp3) is 0.750. The average molecular weight is 279 g/mol. The highest BCUT2D eigenvalue weighted by molar-refractivity contribution is 4.99. The number of hydrogen-bond donors (Lipinski definition) is 0. The Morgan fingerprint density at radius 2 is 1.85 bits per heavy atom. The average Bonchev–Trinajstić information content (AvgIpc) is 2.41. The van der Waals surface area contributed by atoms with Crippen LogP contribution in [0.2, 0.25) is 0 Å². The zero-order chi connectivity index (χ0) is 14.8. The zero-order valence-corrected chi connectivity index (χ0v) is 13.8. The second kappa shape index (κ2) is 5.78. The van der Waals surface area contributed by atoms with Crippen molar-refractivity contribution in [2.75, 3.05) is 46.8 Å². The van der Waals surface area contributed by atoms with E-state index in [1.54, 1.807) is 0 Å². The number of likely N-dealkylation sites (N-methyl/N-ethyl adjacent to an activating group) is 2. The minimum Gasteiger partial charge on any atom is -0.316 e. The molecule has 0 aliphatic carbocycles. The van der Waals surface area contributed by atoms with E-state index in [0.717, 1.165) is 12.5 Å². The van der Waals surface area contributed by atoms with Crippen LogP contribution in [-0.4, -0.2) is 66.8 Å². The monoisotopic (exact) mass is 279 g/mol. The maximum atomic E-state index is 4.27. The molecule has 2 heterocycles. The van der Waals surface area contributed by atoms with E-state index < -0.39 is 0 Å². The molecule has 0 aromatic carbocycles. The molecular weight excluding hydrogens is 248 g/mol. The van der Waals surface area contributed by atoms with Gasteiger partial charge in [0.15, 0.2) is 0 Å². The van der Waals surface area contributed by atoms with Crippen LogP contribution in [0.15, 0.2) is 18.7 Å². The molecule has 0 atom stereocenters. The molecule has 112 valence electrons. The molecule has 4 nitrogen and oxygen atoms in total. The molecule has 4 heteroatoms. The summed E-state index contributed by atoms with van der Waals surface area (Å²) in [5.74, 6) is 0. The Morgan fingerprint density at radius 3 is 2.40 bits per heavy atom. The highest BCUT2D eigenvalue weighted by Crippen LogP contribution is 2.19. The first kappa shape index (κ1) is 15.4. The van der Waals surface area contributed by atoms with Crippen LogP contribution in [0.3, 0.4) is 0 Å². The first-order valence-electron chi connectivity index (χ1n) is 7.80. The minimum atomic E-state index is 0.737. The van der Waals surface area contributed by atoms with E-state index in [1.807, 2.05) is 24.1 Å². The second-order valence-corrected chi connectivity index (χ2v) is 7.32. The van der Waals surface area contributed by atoms with Crippen LogP contribution < -0.4 is 4.57 Å². The molecule has 0 saturated carbocycles. The number of quaternary nitrogens is 2. The lowest BCUT2D eigenvalue weighted by atomic mass is 10.1. The van der Waals surface area contributed by atoms with Crippen molar-refractivity contribution in [1.82, 2.24) is 4.98 Å². The standard InChI is InChI=1S/C16H31N4/c1-15(2)20(5)10-8-19(4,9-11-20)7-6-16-12-17-14-18(3)13-16/h12-15H,6-11H2,1-5H3/q+3. The number of rotatable bonds is 4. The van der Waals surface area contributed by atoms with Crippen LogP contribution in [0.1, 0.15) is 19.4 Å². The van der Waals surface area contributed by atoms with Gasteiger partial charge in [-0.15, -0.1) is 0 Å². The zero-order valence-electron chi connectivity index (χ0n) is 13.8. The lowest BCUT2D eigenvalue weighted by Crippen LogP contribution is -2.66. The van der Waals surface area contributed by atoms with Gasteiger partial charge < -0.3 is 8.97 Å². The van der Waals surface area contributed by atoms with Gasteiger partial charge in [-0.2, -0.15) is 0 Å². The second-order valence-electron chi connectivity index (χ2n) is 7.32. The van der Waals surface area contributed by atoms with Crippen molar-refractivity contribution in [3.05, 3.63) is 24.3 Å². The van der Waals surface area contributed by atoms with Gasteiger partial charge in [0.1, 0.15) is 32.4 Å². The number of piperazine rings is 1. The van der Waals surface area contributed by atoms with Gasteiger partial charge in [-0.3, -0.25) is 0 Å². The molecule has 1 saturated heterocycles. The smallest absolute Gasteiger partial charge is 0.285 e. The van der Waals surface area contributed by atoms with Crippen molar-refractivity contribution in [3.8, 4) is 0 Å². The number of aromatic nitrogens is 2. The Hall–Kier alpha value is -1.00. The van der Waals surface area contributed by atoms with Crippen LogP contribution >= 0.6 is 0 Å². The van der Waals surface area contributed by atoms with Crippen molar-refractivity contribution in [1.29, 1.82) is 0 Å². The molecule has 0 spiro atoms. The van der Waals surface area contributed by atoms with Gasteiger partial charge in [-0.25, -0.2) is 4.57 Å². The first-order chi connectivity index (χ1) is 9.33. The van der Waals surface area contributed by atoms with Crippen LogP contribution in [0, 0.1) is 0 Å². The molecule has 0 amide bonds. The van der Waals surface area contributed by atoms with Crippen molar-refractivity contribution < 1.29 is 13.5 Å². The van der Waals surface area contributed by atoms with E-state index in [9.17, 15) is 0 Å². The number of nitrogens with zero attached hydrogens (tertiary/aromatic N) is 4. The molecule has 2 rings (SSSR count). The van der Waals surface area contributed by atoms with Gasteiger partial charge in [0.05, 0.1) is 39.9 Å². The Bertz CT molecular complexity index is 448. The molecule has 1 aliphatic rings. The predicted molar refractivity (Wildman–Crippen MR) is 81.0 cm³/mol. The summed E-state index contributed by atoms with van der Waals surface area (Å²) in [5.41, 5.74) is 1.35. The van der Waals surface area contributed by atoms with Gasteiger partial charge >= 0.3 is 0 Å². The molecule has 1 aromatic heterocycles. The SMILES string of the molecule is CC(C)[N+]1(C)CC[N+](C)(CCc2cnc[n+](C)c2)CC1. The van der Waals surface area contributed by atoms with Crippen LogP contribution in [-0.2, 0) is 13.5 Å². The third-order valence-corrected chi connectivity index (χ3v) is 5.35. The van der Waals surface area contributed by atoms with Crippen molar-refractivity contribution in [2.24, 2.45) is 7.05 Å². The lowest BCUT2D eigenvalue weighted by Gasteiger charge is -2.48. The Balaban J connectivity index is 1.91. The molecule has 0 radical (unpaired) electrons. The lowest BCUT2D eigenvalue weighted by molar-refractivity contribution is -1.02. The third-order valence-electron chi connectivity index (χ3n) is 5.35. The summed E-state index contributed by atoms with van der Waals surface area (Å²) in [6.07, 6.45) is 7.18. The largest absolute Gasteiger partial charge is 0.316 e. The van der Waals surface area contributed by atoms with Crippen LogP contribution in [0.25, 0.3) is 0 Å². The number of hydrogen-bond acceptors (Lipinski definition) is 1. The van der Waals surface area contributed by atoms with Gasteiger partial charge in [-0.05, 0) is 13.8 Å². The molecule has 1 aromatic rings. The first-order valence-corrected chi connectivity index (χ1v) is 7.80. The summed E-state index contributed by atoms with van der Waals surface area (Å²) in [6, 6.07) is 0.737. The molecule has 20 heavy (non-hydrogen) atoms. The van der Waals surface area contributed by atoms with Gasteiger partial charge in [0, 0.05) is 12.0 Å². The topological polar surface area (TPSA) is 16.8 Å². The van der Waals surface area contributed by atoms with Crippen LogP contribution in [0.4, 0.5) is 0 Å². The van der Waals surface area contributed by atoms with E-state index in [-0.39, 0.29) is 0 Å². The van der Waals surface area contributed by atoms with E-state index in [2.05, 4.69) is 39.1 Å². The van der Waals surface area contributed by atoms with Crippen molar-refractivity contribution in [3.63, 3.8) is 0 Å². The van der Waals surface area contributed by atoms with E-state index >= 15 is 0 Å². The summed E-state index contributed by atoms with van der Waals surface area (Å²) >= 11 is 0. The summed E-state index contributed by atoms with van der Waals surface area (Å²) < 4.78 is 4.48. The fourth-order valence-corrected chi connectivity index (χ4v) is 2.99. The highest BCUT2D eigenvalue weighted by atomic mass is 15.5. The summed E-state index contributed by atoms with van der Waals surface area (Å²) in [4.78, 5) is 4.27. The maximum absolute atomic E-state index is 4.27. The molecule has 0 unspecified atom stereocenters. The molecule has 0 bridgehead atoms. The van der Waals surface area contributed by atoms with E-state index in [1.165, 1.54) is 47.3 Å². The molecule has 1 aliphatic heterocycles. The molecule has 0 N–H and O–H groups in total. The Kier molecular flexibility index (Phi) is 4.45. The summed E-state index contributed by atoms with van der Waals surface area (Å²) in [7, 11) is 6.87. The van der Waals surface area contributed by atoms with Crippen molar-refractivity contribution in [2.45, 2.75) is 26.3 Å². The summed E-state index contributed by atoms with van der Waals surface area (Å²) in [5, 5.41) is 0. The maximum Gasteiger partial charge on any atom is 0.285 e. The van der Waals surface area contributed by atoms with Crippen molar-refractivity contribution >= 4 is 0 Å². The quantitative estimate of drug-likeness (QED) is 0.587. The molecule has 1 fully saturated rings. The number of aryl methyl sites for hydroxylation is 1. The van der Waals surface area contributed by atoms with Gasteiger partial charge in [-0.1, -0.05) is 4.98 Å². The minimum absolute atomic E-state index is 0.737. The predicted octanol–water partition coefficient (Wildman–Crippen LogP) is 0.764. The Labute approximate surface area is 123 Å². The van der Waals surface area contributed by atoms with E-state index in [4.69, 9.17) is 0 Å². The normalized spacial score (nSPS) is 30.7. The third kappa shape index (κ3) is 3.55.